The summed E-state index contributed by atoms with van der Waals surface area (Å²) >= 11 is 0. The molecule has 0 saturated heterocycles. The molecule has 2 nitrogen and oxygen atoms in total. The van der Waals surface area contributed by atoms with E-state index in [2.05, 4.69) is 4.98 Å². The highest BCUT2D eigenvalue weighted by Crippen LogP contribution is 2.33. The fraction of sp³-hybridized carbons (Fsp3) is 0.0769. The minimum absolute atomic E-state index is 0.178. The molecule has 0 N–H and O–H groups in total. The first-order chi connectivity index (χ1) is 8.91. The highest BCUT2D eigenvalue weighted by molar-refractivity contribution is 5.70. The van der Waals surface area contributed by atoms with E-state index in [0.29, 0.717) is 0 Å². The molecule has 0 spiro atoms. The van der Waals surface area contributed by atoms with E-state index in [1.54, 1.807) is 6.07 Å². The van der Waals surface area contributed by atoms with Crippen LogP contribution in [-0.2, 0) is 6.18 Å². The number of nitrogens with zero attached hydrogens (tertiary/aromatic N) is 2. The second-order valence-corrected chi connectivity index (χ2v) is 3.76. The van der Waals surface area contributed by atoms with Crippen molar-refractivity contribution in [1.29, 1.82) is 5.26 Å². The molecule has 1 heterocycles. The number of hydrogen-bond acceptors (Lipinski definition) is 2. The first-order valence-electron chi connectivity index (χ1n) is 5.14. The maximum atomic E-state index is 13.0. The second-order valence-electron chi connectivity index (χ2n) is 3.76. The number of nitriles is 1. The second kappa shape index (κ2) is 4.69. The lowest BCUT2D eigenvalue weighted by Crippen LogP contribution is -2.05. The van der Waals surface area contributed by atoms with Crippen molar-refractivity contribution in [3.8, 4) is 17.2 Å². The first kappa shape index (κ1) is 13.0. The summed E-state index contributed by atoms with van der Waals surface area (Å²) in [6.45, 7) is 0. The van der Waals surface area contributed by atoms with Crippen LogP contribution in [0.2, 0.25) is 0 Å². The van der Waals surface area contributed by atoms with Gasteiger partial charge in [-0.15, -0.1) is 0 Å². The van der Waals surface area contributed by atoms with Gasteiger partial charge in [-0.1, -0.05) is 6.07 Å². The molecule has 0 fully saturated rings. The summed E-state index contributed by atoms with van der Waals surface area (Å²) in [5.41, 5.74) is -0.632. The lowest BCUT2D eigenvalue weighted by Gasteiger charge is -2.09. The van der Waals surface area contributed by atoms with Gasteiger partial charge in [0.05, 0.1) is 23.4 Å². The lowest BCUT2D eigenvalue weighted by molar-refractivity contribution is -0.137. The van der Waals surface area contributed by atoms with Crippen molar-refractivity contribution in [3.05, 3.63) is 53.6 Å². The van der Waals surface area contributed by atoms with E-state index in [0.717, 1.165) is 30.5 Å². The Morgan fingerprint density at radius 1 is 1.11 bits per heavy atom. The van der Waals surface area contributed by atoms with Crippen molar-refractivity contribution >= 4 is 0 Å². The average molecular weight is 266 g/mol. The van der Waals surface area contributed by atoms with Gasteiger partial charge in [0.25, 0.3) is 0 Å². The maximum Gasteiger partial charge on any atom is 0.416 e. The largest absolute Gasteiger partial charge is 0.416 e. The van der Waals surface area contributed by atoms with Crippen LogP contribution in [0.15, 0.2) is 36.7 Å². The Kier molecular flexibility index (Phi) is 3.21. The van der Waals surface area contributed by atoms with E-state index in [4.69, 9.17) is 5.26 Å². The molecule has 0 unspecified atom stereocenters. The number of alkyl halides is 3. The number of halogens is 4. The van der Waals surface area contributed by atoms with E-state index in [1.807, 2.05) is 0 Å². The standard InChI is InChI=1S/C13H6F4N2/c14-11-4-9(6-19-7-11)12-2-1-10(13(15,16)17)3-8(12)5-18/h1-4,6-7H. The number of rotatable bonds is 1. The third-order valence-corrected chi connectivity index (χ3v) is 2.48. The van der Waals surface area contributed by atoms with Gasteiger partial charge in [-0.2, -0.15) is 18.4 Å². The quantitative estimate of drug-likeness (QED) is 0.736. The maximum absolute atomic E-state index is 13.0. The molecule has 2 aromatic rings. The Morgan fingerprint density at radius 3 is 2.42 bits per heavy atom. The Balaban J connectivity index is 2.57. The molecule has 96 valence electrons. The van der Waals surface area contributed by atoms with Crippen molar-refractivity contribution in [3.63, 3.8) is 0 Å². The van der Waals surface area contributed by atoms with Gasteiger partial charge in [-0.25, -0.2) is 4.39 Å². The van der Waals surface area contributed by atoms with Crippen molar-refractivity contribution in [2.75, 3.05) is 0 Å². The Morgan fingerprint density at radius 2 is 1.84 bits per heavy atom. The van der Waals surface area contributed by atoms with E-state index in [-0.39, 0.29) is 16.7 Å². The molecule has 1 aromatic heterocycles. The van der Waals surface area contributed by atoms with Gasteiger partial charge in [0.1, 0.15) is 5.82 Å². The van der Waals surface area contributed by atoms with E-state index >= 15 is 0 Å². The molecule has 1 aromatic carbocycles. The monoisotopic (exact) mass is 266 g/mol. The van der Waals surface area contributed by atoms with Gasteiger partial charge in [-0.3, -0.25) is 4.98 Å². The highest BCUT2D eigenvalue weighted by Gasteiger charge is 2.31. The smallest absolute Gasteiger partial charge is 0.261 e. The predicted octanol–water partition coefficient (Wildman–Crippen LogP) is 3.78. The average Bonchev–Trinajstić information content (AvgIpc) is 2.37. The molecule has 0 saturated carbocycles. The molecule has 0 atom stereocenters. The van der Waals surface area contributed by atoms with Gasteiger partial charge in [0.2, 0.25) is 0 Å². The Hall–Kier alpha value is -2.42. The number of benzene rings is 1. The highest BCUT2D eigenvalue weighted by atomic mass is 19.4. The van der Waals surface area contributed by atoms with Crippen LogP contribution in [0.25, 0.3) is 11.1 Å². The minimum Gasteiger partial charge on any atom is -0.261 e. The van der Waals surface area contributed by atoms with Gasteiger partial charge >= 0.3 is 6.18 Å². The fourth-order valence-corrected chi connectivity index (χ4v) is 1.62. The molecule has 0 aliphatic rings. The topological polar surface area (TPSA) is 36.7 Å². The van der Waals surface area contributed by atoms with Gasteiger partial charge < -0.3 is 0 Å². The molecule has 19 heavy (non-hydrogen) atoms. The Labute approximate surface area is 105 Å². The first-order valence-corrected chi connectivity index (χ1v) is 5.14. The summed E-state index contributed by atoms with van der Waals surface area (Å²) in [5, 5.41) is 8.91. The van der Waals surface area contributed by atoms with Crippen LogP contribution in [0.1, 0.15) is 11.1 Å². The van der Waals surface area contributed by atoms with Gasteiger partial charge in [0, 0.05) is 17.3 Å². The van der Waals surface area contributed by atoms with Crippen molar-refractivity contribution in [2.45, 2.75) is 6.18 Å². The zero-order chi connectivity index (χ0) is 14.0. The van der Waals surface area contributed by atoms with Crippen LogP contribution in [0.5, 0.6) is 0 Å². The molecule has 0 bridgehead atoms. The van der Waals surface area contributed by atoms with Gasteiger partial charge in [0.15, 0.2) is 0 Å². The summed E-state index contributed by atoms with van der Waals surface area (Å²) in [7, 11) is 0. The van der Waals surface area contributed by atoms with Crippen LogP contribution in [0.4, 0.5) is 17.6 Å². The van der Waals surface area contributed by atoms with Crippen LogP contribution in [-0.4, -0.2) is 4.98 Å². The fourth-order valence-electron chi connectivity index (χ4n) is 1.62. The Bertz CT molecular complexity index is 656. The summed E-state index contributed by atoms with van der Waals surface area (Å²) in [4.78, 5) is 3.60. The molecule has 0 aliphatic heterocycles. The van der Waals surface area contributed by atoms with E-state index in [9.17, 15) is 17.6 Å². The molecular formula is C13H6F4N2. The van der Waals surface area contributed by atoms with E-state index in [1.165, 1.54) is 6.20 Å². The molecule has 0 amide bonds. The molecule has 2 rings (SSSR count). The number of aromatic nitrogens is 1. The minimum atomic E-state index is -4.52. The third kappa shape index (κ3) is 2.71. The lowest BCUT2D eigenvalue weighted by atomic mass is 9.99. The molecule has 6 heteroatoms. The van der Waals surface area contributed by atoms with Crippen LogP contribution in [0, 0.1) is 17.1 Å². The molecule has 0 aliphatic carbocycles. The van der Waals surface area contributed by atoms with Crippen molar-refractivity contribution in [2.24, 2.45) is 0 Å². The zero-order valence-corrected chi connectivity index (χ0v) is 9.37. The van der Waals surface area contributed by atoms with Crippen LogP contribution >= 0.6 is 0 Å². The van der Waals surface area contributed by atoms with Crippen LogP contribution in [0.3, 0.4) is 0 Å². The summed E-state index contributed by atoms with van der Waals surface area (Å²) < 4.78 is 50.6. The SMILES string of the molecule is N#Cc1cc(C(F)(F)F)ccc1-c1cncc(F)c1. The summed E-state index contributed by atoms with van der Waals surface area (Å²) in [6.07, 6.45) is -2.27. The number of pyridine rings is 1. The molecule has 0 radical (unpaired) electrons. The third-order valence-electron chi connectivity index (χ3n) is 2.48. The normalized spacial score (nSPS) is 11.1. The predicted molar refractivity (Wildman–Crippen MR) is 59.3 cm³/mol. The summed E-state index contributed by atoms with van der Waals surface area (Å²) in [5.74, 6) is -0.624. The van der Waals surface area contributed by atoms with E-state index < -0.39 is 17.6 Å². The van der Waals surface area contributed by atoms with Gasteiger partial charge in [-0.05, 0) is 18.2 Å². The molecular weight excluding hydrogens is 260 g/mol. The van der Waals surface area contributed by atoms with Crippen molar-refractivity contribution < 1.29 is 17.6 Å². The van der Waals surface area contributed by atoms with Crippen molar-refractivity contribution in [1.82, 2.24) is 4.98 Å². The zero-order valence-electron chi connectivity index (χ0n) is 9.37. The number of hydrogen-bond donors (Lipinski definition) is 0. The van der Waals surface area contributed by atoms with Crippen LogP contribution < -0.4 is 0 Å². The summed E-state index contributed by atoms with van der Waals surface area (Å²) in [6, 6.07) is 5.50.